The zero-order valence-corrected chi connectivity index (χ0v) is 18.3. The largest absolute Gasteiger partial charge is 0.491 e. The van der Waals surface area contributed by atoms with Crippen molar-refractivity contribution in [2.45, 2.75) is 43.9 Å². The van der Waals surface area contributed by atoms with E-state index in [0.29, 0.717) is 15.9 Å². The van der Waals surface area contributed by atoms with Crippen molar-refractivity contribution in [3.8, 4) is 16.9 Å². The lowest BCUT2D eigenvalue weighted by Gasteiger charge is -2.22. The molecule has 1 heterocycles. The summed E-state index contributed by atoms with van der Waals surface area (Å²) in [6.07, 6.45) is 2.91. The highest BCUT2D eigenvalue weighted by Crippen LogP contribution is 2.29. The minimum Gasteiger partial charge on any atom is -0.491 e. The minimum absolute atomic E-state index is 0.0810. The quantitative estimate of drug-likeness (QED) is 0.264. The minimum atomic E-state index is -0.595. The maximum atomic E-state index is 11.8. The Hall–Kier alpha value is -2.37. The van der Waals surface area contributed by atoms with Crippen molar-refractivity contribution in [1.29, 1.82) is 0 Å². The first kappa shape index (κ1) is 21.9. The standard InChI is InChI=1S/C18H23IN4O5/c1-12(21-17(24)28-18(2,3)4)10-27-16-6-13(5-15(7-16)23(25)26)14-8-20-22(9-14)11-19/h5-9,12H,10-11H2,1-4H3,(H,21,24). The number of alkyl carbamates (subject to hydrolysis) is 1. The number of nitrogens with zero attached hydrogens (tertiary/aromatic N) is 3. The van der Waals surface area contributed by atoms with E-state index in [1.165, 1.54) is 12.1 Å². The number of aromatic nitrogens is 2. The molecule has 1 amide bonds. The molecule has 1 aromatic heterocycles. The Labute approximate surface area is 176 Å². The van der Waals surface area contributed by atoms with Crippen molar-refractivity contribution in [1.82, 2.24) is 15.1 Å². The van der Waals surface area contributed by atoms with Gasteiger partial charge in [-0.05, 0) is 39.3 Å². The average molecular weight is 502 g/mol. The summed E-state index contributed by atoms with van der Waals surface area (Å²) in [5.74, 6) is 0.337. The Morgan fingerprint density at radius 3 is 2.64 bits per heavy atom. The van der Waals surface area contributed by atoms with E-state index < -0.39 is 16.6 Å². The molecule has 1 unspecified atom stereocenters. The molecule has 0 saturated heterocycles. The summed E-state index contributed by atoms with van der Waals surface area (Å²) in [5, 5.41) is 18.1. The number of ether oxygens (including phenoxy) is 2. The van der Waals surface area contributed by atoms with Crippen LogP contribution in [-0.4, -0.2) is 39.0 Å². The van der Waals surface area contributed by atoms with Gasteiger partial charge < -0.3 is 14.8 Å². The van der Waals surface area contributed by atoms with Crippen LogP contribution in [0.15, 0.2) is 30.6 Å². The molecule has 0 aliphatic rings. The second kappa shape index (κ2) is 9.22. The molecule has 0 aliphatic carbocycles. The monoisotopic (exact) mass is 502 g/mol. The van der Waals surface area contributed by atoms with Crippen molar-refractivity contribution in [3.63, 3.8) is 0 Å². The van der Waals surface area contributed by atoms with Crippen LogP contribution in [0.5, 0.6) is 5.75 Å². The zero-order valence-electron chi connectivity index (χ0n) is 16.1. The van der Waals surface area contributed by atoms with Crippen LogP contribution in [0, 0.1) is 10.1 Å². The third-order valence-electron chi connectivity index (χ3n) is 3.45. The molecule has 9 nitrogen and oxygen atoms in total. The molecule has 2 aromatic rings. The molecule has 152 valence electrons. The molecular weight excluding hydrogens is 479 g/mol. The lowest BCUT2D eigenvalue weighted by molar-refractivity contribution is -0.384. The highest BCUT2D eigenvalue weighted by atomic mass is 127. The number of nitro benzene ring substituents is 1. The van der Waals surface area contributed by atoms with Crippen molar-refractivity contribution < 1.29 is 19.2 Å². The maximum absolute atomic E-state index is 11.8. The van der Waals surface area contributed by atoms with E-state index in [4.69, 9.17) is 9.47 Å². The number of hydrogen-bond donors (Lipinski definition) is 1. The van der Waals surface area contributed by atoms with Gasteiger partial charge in [-0.25, -0.2) is 4.79 Å². The third-order valence-corrected chi connectivity index (χ3v) is 4.15. The van der Waals surface area contributed by atoms with Crippen LogP contribution in [0.1, 0.15) is 27.7 Å². The van der Waals surface area contributed by atoms with Gasteiger partial charge in [-0.2, -0.15) is 5.10 Å². The number of benzene rings is 1. The summed E-state index contributed by atoms with van der Waals surface area (Å²) in [6, 6.07) is 4.19. The smallest absolute Gasteiger partial charge is 0.407 e. The predicted molar refractivity (Wildman–Crippen MR) is 113 cm³/mol. The summed E-state index contributed by atoms with van der Waals surface area (Å²) < 4.78 is 13.3. The van der Waals surface area contributed by atoms with E-state index in [1.807, 2.05) is 6.20 Å². The van der Waals surface area contributed by atoms with Crippen molar-refractivity contribution >= 4 is 34.4 Å². The Morgan fingerprint density at radius 2 is 2.07 bits per heavy atom. The fraction of sp³-hybridized carbons (Fsp3) is 0.444. The van der Waals surface area contributed by atoms with Gasteiger partial charge in [0.1, 0.15) is 18.0 Å². The van der Waals surface area contributed by atoms with E-state index in [9.17, 15) is 14.9 Å². The molecular formula is C18H23IN4O5. The number of nitrogens with one attached hydrogen (secondary N) is 1. The van der Waals surface area contributed by atoms with Crippen LogP contribution < -0.4 is 10.1 Å². The lowest BCUT2D eigenvalue weighted by Crippen LogP contribution is -2.40. The highest BCUT2D eigenvalue weighted by molar-refractivity contribution is 14.1. The molecule has 2 rings (SSSR count). The van der Waals surface area contributed by atoms with Gasteiger partial charge >= 0.3 is 6.09 Å². The molecule has 0 fully saturated rings. The Kier molecular flexibility index (Phi) is 7.22. The molecule has 1 N–H and O–H groups in total. The van der Waals surface area contributed by atoms with Crippen LogP contribution in [0.3, 0.4) is 0 Å². The van der Waals surface area contributed by atoms with E-state index in [0.717, 1.165) is 5.56 Å². The first-order valence-electron chi connectivity index (χ1n) is 8.58. The fourth-order valence-corrected chi connectivity index (χ4v) is 2.66. The lowest BCUT2D eigenvalue weighted by atomic mass is 10.1. The van der Waals surface area contributed by atoms with E-state index in [1.54, 1.807) is 44.6 Å². The van der Waals surface area contributed by atoms with Gasteiger partial charge in [-0.1, -0.05) is 22.6 Å². The predicted octanol–water partition coefficient (Wildman–Crippen LogP) is 4.14. The van der Waals surface area contributed by atoms with Gasteiger partial charge in [0, 0.05) is 17.8 Å². The van der Waals surface area contributed by atoms with Gasteiger partial charge in [-0.3, -0.25) is 14.8 Å². The Bertz CT molecular complexity index is 847. The number of rotatable bonds is 7. The zero-order chi connectivity index (χ0) is 20.9. The summed E-state index contributed by atoms with van der Waals surface area (Å²) in [5.41, 5.74) is 0.711. The van der Waals surface area contributed by atoms with Crippen LogP contribution in [0.2, 0.25) is 0 Å². The van der Waals surface area contributed by atoms with Crippen molar-refractivity contribution in [2.75, 3.05) is 6.61 Å². The molecule has 0 spiro atoms. The summed E-state index contributed by atoms with van der Waals surface area (Å²) in [6.45, 7) is 7.22. The van der Waals surface area contributed by atoms with Crippen LogP contribution in [-0.2, 0) is 9.29 Å². The summed E-state index contributed by atoms with van der Waals surface area (Å²) in [7, 11) is 0. The molecule has 10 heteroatoms. The van der Waals surface area contributed by atoms with E-state index >= 15 is 0 Å². The highest BCUT2D eigenvalue weighted by Gasteiger charge is 2.18. The second-order valence-corrected chi connectivity index (χ2v) is 7.90. The fourth-order valence-electron chi connectivity index (χ4n) is 2.29. The third kappa shape index (κ3) is 6.66. The van der Waals surface area contributed by atoms with Crippen LogP contribution in [0.25, 0.3) is 11.1 Å². The molecule has 28 heavy (non-hydrogen) atoms. The maximum Gasteiger partial charge on any atom is 0.407 e. The number of non-ortho nitro benzene ring substituents is 1. The first-order valence-corrected chi connectivity index (χ1v) is 10.1. The van der Waals surface area contributed by atoms with Crippen molar-refractivity contribution in [2.24, 2.45) is 0 Å². The number of amides is 1. The van der Waals surface area contributed by atoms with E-state index in [-0.39, 0.29) is 18.3 Å². The van der Waals surface area contributed by atoms with Crippen LogP contribution >= 0.6 is 22.6 Å². The molecule has 0 bridgehead atoms. The molecule has 0 aliphatic heterocycles. The van der Waals surface area contributed by atoms with E-state index in [2.05, 4.69) is 33.0 Å². The first-order chi connectivity index (χ1) is 13.1. The summed E-state index contributed by atoms with van der Waals surface area (Å²) >= 11 is 2.17. The normalized spacial score (nSPS) is 12.3. The molecule has 0 saturated carbocycles. The molecule has 0 radical (unpaired) electrons. The number of nitro groups is 1. The SMILES string of the molecule is CC(COc1cc(-c2cnn(CI)c2)cc([N+](=O)[O-])c1)NC(=O)OC(C)(C)C. The summed E-state index contributed by atoms with van der Waals surface area (Å²) in [4.78, 5) is 22.6. The average Bonchev–Trinajstić information content (AvgIpc) is 3.07. The van der Waals surface area contributed by atoms with Gasteiger partial charge in [0.05, 0.1) is 27.8 Å². The van der Waals surface area contributed by atoms with Gasteiger partial charge in [0.25, 0.3) is 5.69 Å². The molecule has 1 atom stereocenters. The van der Waals surface area contributed by atoms with Crippen molar-refractivity contribution in [3.05, 3.63) is 40.7 Å². The Balaban J connectivity index is 2.10. The number of alkyl halides is 1. The second-order valence-electron chi connectivity index (χ2n) is 7.22. The topological polar surface area (TPSA) is 109 Å². The van der Waals surface area contributed by atoms with Gasteiger partial charge in [0.15, 0.2) is 0 Å². The Morgan fingerprint density at radius 1 is 1.36 bits per heavy atom. The van der Waals surface area contributed by atoms with Gasteiger partial charge in [-0.15, -0.1) is 0 Å². The number of carbonyl (C=O) groups excluding carboxylic acids is 1. The molecule has 1 aromatic carbocycles. The number of hydrogen-bond acceptors (Lipinski definition) is 6. The number of halogens is 1. The van der Waals surface area contributed by atoms with Crippen LogP contribution in [0.4, 0.5) is 10.5 Å². The number of carbonyl (C=O) groups is 1. The van der Waals surface area contributed by atoms with Gasteiger partial charge in [0.2, 0.25) is 0 Å².